The second-order valence-electron chi connectivity index (χ2n) is 6.01. The van der Waals surface area contributed by atoms with Crippen LogP contribution in [0.1, 0.15) is 39.5 Å². The van der Waals surface area contributed by atoms with Crippen LogP contribution in [0.2, 0.25) is 0 Å². The molecule has 2 rings (SSSR count). The van der Waals surface area contributed by atoms with E-state index in [0.29, 0.717) is 6.54 Å². The van der Waals surface area contributed by atoms with Gasteiger partial charge in [0.2, 0.25) is 5.91 Å². The van der Waals surface area contributed by atoms with Gasteiger partial charge in [-0.1, -0.05) is 13.8 Å². The third kappa shape index (κ3) is 5.46. The van der Waals surface area contributed by atoms with Gasteiger partial charge < -0.3 is 16.0 Å². The van der Waals surface area contributed by atoms with Crippen LogP contribution >= 0.6 is 24.8 Å². The van der Waals surface area contributed by atoms with Gasteiger partial charge in [-0.2, -0.15) is 0 Å². The smallest absolute Gasteiger partial charge is 0.223 e. The summed E-state index contributed by atoms with van der Waals surface area (Å²) >= 11 is 0. The predicted molar refractivity (Wildman–Crippen MR) is 102 cm³/mol. The molecule has 1 fully saturated rings. The number of carbonyl (C=O) groups is 1. The molecule has 1 aliphatic heterocycles. The first-order valence-corrected chi connectivity index (χ1v) is 8.17. The lowest BCUT2D eigenvalue weighted by atomic mass is 9.89. The molecule has 6 nitrogen and oxygen atoms in total. The molecule has 0 saturated carbocycles. The molecule has 0 unspecified atom stereocenters. The summed E-state index contributed by atoms with van der Waals surface area (Å²) in [6.07, 6.45) is 8.56. The fourth-order valence-electron chi connectivity index (χ4n) is 2.96. The molecule has 0 radical (unpaired) electrons. The fourth-order valence-corrected chi connectivity index (χ4v) is 2.96. The second kappa shape index (κ2) is 10.7. The average molecular weight is 378 g/mol. The van der Waals surface area contributed by atoms with Crippen LogP contribution in [-0.2, 0) is 4.79 Å². The molecule has 1 aromatic heterocycles. The molecule has 0 aliphatic carbocycles. The first-order chi connectivity index (χ1) is 10.6. The number of nitrogens with two attached hydrogens (primary N) is 1. The van der Waals surface area contributed by atoms with Gasteiger partial charge in [-0.15, -0.1) is 24.8 Å². The van der Waals surface area contributed by atoms with E-state index in [1.54, 1.807) is 18.6 Å². The molecule has 24 heavy (non-hydrogen) atoms. The van der Waals surface area contributed by atoms with Crippen LogP contribution in [-0.4, -0.2) is 41.0 Å². The molecule has 138 valence electrons. The summed E-state index contributed by atoms with van der Waals surface area (Å²) in [5.41, 5.74) is 5.62. The summed E-state index contributed by atoms with van der Waals surface area (Å²) in [5, 5.41) is 3.19. The fraction of sp³-hybridized carbons (Fsp3) is 0.688. The van der Waals surface area contributed by atoms with Crippen LogP contribution in [0.15, 0.2) is 18.6 Å². The lowest BCUT2D eigenvalue weighted by molar-refractivity contribution is -0.127. The van der Waals surface area contributed by atoms with Crippen molar-refractivity contribution in [3.8, 4) is 0 Å². The van der Waals surface area contributed by atoms with Crippen LogP contribution in [0.4, 0.5) is 5.82 Å². The molecule has 8 heteroatoms. The number of anilines is 1. The number of nitrogens with zero attached hydrogens (tertiary/aromatic N) is 3. The number of piperidine rings is 1. The molecule has 3 N–H and O–H groups in total. The molecule has 0 aromatic carbocycles. The number of rotatable bonds is 6. The second-order valence-corrected chi connectivity index (χ2v) is 6.01. The Morgan fingerprint density at radius 1 is 1.29 bits per heavy atom. The standard InChI is InChI=1S/C16H27N5O.2ClH/c1-3-16(4-2,12-17)20-15(22)13-5-9-21(10-6-13)14-11-18-7-8-19-14;;/h7-8,11,13H,3-6,9-10,12,17H2,1-2H3,(H,20,22);2*1H. The van der Waals surface area contributed by atoms with Gasteiger partial charge in [0.25, 0.3) is 0 Å². The number of carbonyl (C=O) groups excluding carboxylic acids is 1. The summed E-state index contributed by atoms with van der Waals surface area (Å²) in [6.45, 7) is 6.32. The minimum Gasteiger partial charge on any atom is -0.355 e. The zero-order valence-electron chi connectivity index (χ0n) is 14.4. The third-order valence-corrected chi connectivity index (χ3v) is 4.87. The topological polar surface area (TPSA) is 84.1 Å². The van der Waals surface area contributed by atoms with Gasteiger partial charge in [-0.3, -0.25) is 9.78 Å². The van der Waals surface area contributed by atoms with E-state index in [0.717, 1.165) is 44.6 Å². The number of aromatic nitrogens is 2. The highest BCUT2D eigenvalue weighted by atomic mass is 35.5. The quantitative estimate of drug-likeness (QED) is 0.793. The molecule has 1 saturated heterocycles. The first-order valence-electron chi connectivity index (χ1n) is 8.17. The Balaban J connectivity index is 0.00000264. The van der Waals surface area contributed by atoms with Gasteiger partial charge in [-0.05, 0) is 25.7 Å². The van der Waals surface area contributed by atoms with Crippen molar-refractivity contribution in [3.05, 3.63) is 18.6 Å². The predicted octanol–water partition coefficient (Wildman–Crippen LogP) is 2.17. The van der Waals surface area contributed by atoms with E-state index in [2.05, 4.69) is 34.0 Å². The van der Waals surface area contributed by atoms with Crippen LogP contribution in [0.25, 0.3) is 0 Å². The van der Waals surface area contributed by atoms with Gasteiger partial charge >= 0.3 is 0 Å². The number of hydrogen-bond acceptors (Lipinski definition) is 5. The van der Waals surface area contributed by atoms with Crippen molar-refractivity contribution < 1.29 is 4.79 Å². The summed E-state index contributed by atoms with van der Waals surface area (Å²) in [4.78, 5) is 23.1. The molecule has 0 atom stereocenters. The summed E-state index contributed by atoms with van der Waals surface area (Å²) < 4.78 is 0. The van der Waals surface area contributed by atoms with E-state index in [1.807, 2.05) is 0 Å². The van der Waals surface area contributed by atoms with Crippen molar-refractivity contribution in [3.63, 3.8) is 0 Å². The summed E-state index contributed by atoms with van der Waals surface area (Å²) in [5.74, 6) is 1.10. The Bertz CT molecular complexity index is 468. The van der Waals surface area contributed by atoms with Crippen LogP contribution in [0.3, 0.4) is 0 Å². The summed E-state index contributed by atoms with van der Waals surface area (Å²) in [6, 6.07) is 0. The van der Waals surface area contributed by atoms with E-state index in [9.17, 15) is 4.79 Å². The van der Waals surface area contributed by atoms with Crippen LogP contribution in [0, 0.1) is 5.92 Å². The third-order valence-electron chi connectivity index (χ3n) is 4.87. The van der Waals surface area contributed by atoms with E-state index < -0.39 is 0 Å². The Labute approximate surface area is 156 Å². The van der Waals surface area contributed by atoms with Gasteiger partial charge in [0.05, 0.1) is 11.7 Å². The highest BCUT2D eigenvalue weighted by Crippen LogP contribution is 2.23. The van der Waals surface area contributed by atoms with Gasteiger partial charge in [0.15, 0.2) is 0 Å². The minimum absolute atomic E-state index is 0. The van der Waals surface area contributed by atoms with Crippen molar-refractivity contribution >= 4 is 36.5 Å². The van der Waals surface area contributed by atoms with Gasteiger partial charge in [0, 0.05) is 37.9 Å². The SMILES string of the molecule is CCC(CC)(CN)NC(=O)C1CCN(c2cnccn2)CC1.Cl.Cl. The van der Waals surface area contributed by atoms with Crippen molar-refractivity contribution in [2.45, 2.75) is 45.1 Å². The number of nitrogens with one attached hydrogen (secondary N) is 1. The minimum atomic E-state index is -0.251. The highest BCUT2D eigenvalue weighted by Gasteiger charge is 2.31. The normalized spacial score (nSPS) is 15.2. The van der Waals surface area contributed by atoms with Crippen LogP contribution in [0.5, 0.6) is 0 Å². The molecule has 1 aliphatic rings. The first kappa shape index (κ1) is 22.9. The maximum atomic E-state index is 12.5. The zero-order valence-corrected chi connectivity index (χ0v) is 16.0. The van der Waals surface area contributed by atoms with E-state index >= 15 is 0 Å². The maximum Gasteiger partial charge on any atom is 0.223 e. The van der Waals surface area contributed by atoms with Crippen molar-refractivity contribution in [2.24, 2.45) is 11.7 Å². The van der Waals surface area contributed by atoms with Gasteiger partial charge in [0.1, 0.15) is 5.82 Å². The van der Waals surface area contributed by atoms with Crippen molar-refractivity contribution in [1.82, 2.24) is 15.3 Å². The maximum absolute atomic E-state index is 12.5. The molecule has 0 bridgehead atoms. The zero-order chi connectivity index (χ0) is 16.0. The van der Waals surface area contributed by atoms with E-state index in [1.165, 1.54) is 0 Å². The average Bonchev–Trinajstić information content (AvgIpc) is 2.60. The lowest BCUT2D eigenvalue weighted by Gasteiger charge is -2.36. The molecular weight excluding hydrogens is 349 g/mol. The molecule has 1 aromatic rings. The molecular formula is C16H29Cl2N5O. The van der Waals surface area contributed by atoms with E-state index in [-0.39, 0.29) is 42.2 Å². The molecule has 2 heterocycles. The van der Waals surface area contributed by atoms with E-state index in [4.69, 9.17) is 5.73 Å². The Kier molecular flexibility index (Phi) is 10.2. The molecule has 0 spiro atoms. The Morgan fingerprint density at radius 2 is 1.92 bits per heavy atom. The largest absolute Gasteiger partial charge is 0.355 e. The van der Waals surface area contributed by atoms with Crippen LogP contribution < -0.4 is 16.0 Å². The lowest BCUT2D eigenvalue weighted by Crippen LogP contribution is -2.55. The number of amides is 1. The monoisotopic (exact) mass is 377 g/mol. The number of hydrogen-bond donors (Lipinski definition) is 2. The highest BCUT2D eigenvalue weighted by molar-refractivity contribution is 5.85. The molecule has 1 amide bonds. The summed E-state index contributed by atoms with van der Waals surface area (Å²) in [7, 11) is 0. The van der Waals surface area contributed by atoms with Gasteiger partial charge in [-0.25, -0.2) is 4.98 Å². The van der Waals surface area contributed by atoms with Crippen molar-refractivity contribution in [2.75, 3.05) is 24.5 Å². The Morgan fingerprint density at radius 3 is 2.38 bits per heavy atom. The number of halogens is 2. The Hall–Kier alpha value is -1.11. The van der Waals surface area contributed by atoms with Crippen molar-refractivity contribution in [1.29, 1.82) is 0 Å².